The molecule has 1 aromatic rings. The second-order valence-electron chi connectivity index (χ2n) is 3.28. The molecule has 0 bridgehead atoms. The third kappa shape index (κ3) is 3.85. The number of aromatic nitrogens is 1. The van der Waals surface area contributed by atoms with Gasteiger partial charge in [0.15, 0.2) is 0 Å². The quantitative estimate of drug-likeness (QED) is 0.702. The molecular weight excluding hydrogens is 248 g/mol. The van der Waals surface area contributed by atoms with Crippen molar-refractivity contribution in [3.05, 3.63) is 22.8 Å². The number of pyridine rings is 1. The monoisotopic (exact) mass is 260 g/mol. The molecule has 0 saturated heterocycles. The number of ether oxygens (including phenoxy) is 1. The average Bonchev–Trinajstić information content (AvgIpc) is 2.31. The molecule has 0 fully saturated rings. The van der Waals surface area contributed by atoms with Gasteiger partial charge in [-0.25, -0.2) is 9.78 Å². The summed E-state index contributed by atoms with van der Waals surface area (Å²) in [5.41, 5.74) is -0.0229. The Hall–Kier alpha value is -1.37. The molecule has 7 heteroatoms. The van der Waals surface area contributed by atoms with Crippen LogP contribution in [0.2, 0.25) is 5.02 Å². The fraction of sp³-hybridized carbons (Fsp3) is 0.400. The molecule has 0 amide bonds. The molecule has 0 unspecified atom stereocenters. The van der Waals surface area contributed by atoms with Gasteiger partial charge in [0.05, 0.1) is 17.7 Å². The van der Waals surface area contributed by atoms with E-state index in [1.807, 2.05) is 0 Å². The normalized spacial score (nSPS) is 12.2. The number of aliphatic hydroxyl groups excluding tert-OH is 1. The van der Waals surface area contributed by atoms with Gasteiger partial charge in [-0.2, -0.15) is 0 Å². The Kier molecular flexibility index (Phi) is 5.14. The lowest BCUT2D eigenvalue weighted by Crippen LogP contribution is -2.26. The van der Waals surface area contributed by atoms with Crippen LogP contribution in [0.15, 0.2) is 12.3 Å². The van der Waals surface area contributed by atoms with Crippen molar-refractivity contribution in [2.24, 2.45) is 0 Å². The minimum Gasteiger partial charge on any atom is -0.478 e. The van der Waals surface area contributed by atoms with E-state index in [-0.39, 0.29) is 29.6 Å². The predicted octanol–water partition coefficient (Wildman–Crippen LogP) is 0.852. The zero-order valence-electron chi connectivity index (χ0n) is 9.18. The SMILES string of the molecule is CO[C@H](CO)CNc1ncc(Cl)cc1C(=O)O. The van der Waals surface area contributed by atoms with Crippen molar-refractivity contribution < 1.29 is 19.7 Å². The summed E-state index contributed by atoms with van der Waals surface area (Å²) in [4.78, 5) is 14.8. The summed E-state index contributed by atoms with van der Waals surface area (Å²) >= 11 is 5.66. The number of nitrogens with zero attached hydrogens (tertiary/aromatic N) is 1. The van der Waals surface area contributed by atoms with Crippen molar-refractivity contribution in [2.45, 2.75) is 6.10 Å². The molecule has 0 spiro atoms. The summed E-state index contributed by atoms with van der Waals surface area (Å²) in [6.45, 7) is 0.0847. The summed E-state index contributed by atoms with van der Waals surface area (Å²) in [6.07, 6.45) is 0.922. The van der Waals surface area contributed by atoms with Crippen molar-refractivity contribution in [1.29, 1.82) is 0 Å². The Morgan fingerprint density at radius 1 is 1.71 bits per heavy atom. The topological polar surface area (TPSA) is 91.7 Å². The van der Waals surface area contributed by atoms with Crippen LogP contribution < -0.4 is 5.32 Å². The smallest absolute Gasteiger partial charge is 0.339 e. The van der Waals surface area contributed by atoms with E-state index in [4.69, 9.17) is 26.6 Å². The van der Waals surface area contributed by atoms with Crippen molar-refractivity contribution in [1.82, 2.24) is 4.98 Å². The van der Waals surface area contributed by atoms with E-state index in [0.29, 0.717) is 0 Å². The van der Waals surface area contributed by atoms with Crippen LogP contribution in [0.5, 0.6) is 0 Å². The van der Waals surface area contributed by atoms with Gasteiger partial charge in [0.25, 0.3) is 0 Å². The maximum atomic E-state index is 10.9. The maximum absolute atomic E-state index is 10.9. The molecule has 1 atom stereocenters. The van der Waals surface area contributed by atoms with Crippen LogP contribution in [-0.2, 0) is 4.74 Å². The summed E-state index contributed by atoms with van der Waals surface area (Å²) in [6, 6.07) is 1.31. The van der Waals surface area contributed by atoms with Crippen LogP contribution >= 0.6 is 11.6 Å². The highest BCUT2D eigenvalue weighted by Gasteiger charge is 2.13. The molecule has 17 heavy (non-hydrogen) atoms. The molecule has 3 N–H and O–H groups in total. The Morgan fingerprint density at radius 3 is 2.94 bits per heavy atom. The molecule has 1 rings (SSSR count). The Balaban J connectivity index is 2.80. The van der Waals surface area contributed by atoms with Crippen molar-refractivity contribution in [3.8, 4) is 0 Å². The highest BCUT2D eigenvalue weighted by Crippen LogP contribution is 2.17. The number of carboxylic acids is 1. The van der Waals surface area contributed by atoms with Gasteiger partial charge in [-0.15, -0.1) is 0 Å². The van der Waals surface area contributed by atoms with E-state index < -0.39 is 12.1 Å². The second kappa shape index (κ2) is 6.39. The highest BCUT2D eigenvalue weighted by atomic mass is 35.5. The number of nitrogens with one attached hydrogen (secondary N) is 1. The number of methoxy groups -OCH3 is 1. The number of aliphatic hydroxyl groups is 1. The number of carboxylic acid groups (broad SMARTS) is 1. The molecule has 0 aromatic carbocycles. The molecule has 1 heterocycles. The van der Waals surface area contributed by atoms with Gasteiger partial charge in [0.1, 0.15) is 11.4 Å². The lowest BCUT2D eigenvalue weighted by molar-refractivity contribution is 0.0580. The predicted molar refractivity (Wildman–Crippen MR) is 62.6 cm³/mol. The van der Waals surface area contributed by atoms with Gasteiger partial charge >= 0.3 is 5.97 Å². The van der Waals surface area contributed by atoms with Crippen LogP contribution in [0.1, 0.15) is 10.4 Å². The van der Waals surface area contributed by atoms with Gasteiger partial charge in [-0.05, 0) is 6.07 Å². The molecule has 6 nitrogen and oxygen atoms in total. The second-order valence-corrected chi connectivity index (χ2v) is 3.71. The maximum Gasteiger partial charge on any atom is 0.339 e. The number of aromatic carboxylic acids is 1. The average molecular weight is 261 g/mol. The molecular formula is C10H13ClN2O4. The fourth-order valence-electron chi connectivity index (χ4n) is 1.18. The largest absolute Gasteiger partial charge is 0.478 e. The third-order valence-electron chi connectivity index (χ3n) is 2.12. The zero-order chi connectivity index (χ0) is 12.8. The molecule has 94 valence electrons. The lowest BCUT2D eigenvalue weighted by Gasteiger charge is -2.14. The van der Waals surface area contributed by atoms with E-state index in [2.05, 4.69) is 10.3 Å². The number of hydrogen-bond donors (Lipinski definition) is 3. The molecule has 0 radical (unpaired) electrons. The fourth-order valence-corrected chi connectivity index (χ4v) is 1.33. The van der Waals surface area contributed by atoms with E-state index in [1.165, 1.54) is 19.4 Å². The first-order valence-corrected chi connectivity index (χ1v) is 5.22. The van der Waals surface area contributed by atoms with E-state index in [0.717, 1.165) is 0 Å². The summed E-state index contributed by atoms with van der Waals surface area (Å²) in [5.74, 6) is -0.933. The third-order valence-corrected chi connectivity index (χ3v) is 2.33. The Labute approximate surface area is 103 Å². The molecule has 0 saturated carbocycles. The van der Waals surface area contributed by atoms with Gasteiger partial charge in [-0.3, -0.25) is 0 Å². The van der Waals surface area contributed by atoms with Crippen LogP contribution in [0.25, 0.3) is 0 Å². The van der Waals surface area contributed by atoms with E-state index in [1.54, 1.807) is 0 Å². The minimum atomic E-state index is -1.12. The lowest BCUT2D eigenvalue weighted by atomic mass is 10.2. The van der Waals surface area contributed by atoms with Crippen LogP contribution in [0.4, 0.5) is 5.82 Å². The number of anilines is 1. The van der Waals surface area contributed by atoms with E-state index in [9.17, 15) is 4.79 Å². The number of rotatable bonds is 6. The van der Waals surface area contributed by atoms with Crippen molar-refractivity contribution >= 4 is 23.4 Å². The first-order chi connectivity index (χ1) is 8.08. The summed E-state index contributed by atoms with van der Waals surface area (Å²) in [7, 11) is 1.45. The number of hydrogen-bond acceptors (Lipinski definition) is 5. The Bertz CT molecular complexity index is 396. The van der Waals surface area contributed by atoms with Gasteiger partial charge in [-0.1, -0.05) is 11.6 Å². The van der Waals surface area contributed by atoms with Crippen LogP contribution in [0.3, 0.4) is 0 Å². The minimum absolute atomic E-state index is 0.0229. The summed E-state index contributed by atoms with van der Waals surface area (Å²) in [5, 5.41) is 20.9. The first-order valence-electron chi connectivity index (χ1n) is 4.84. The molecule has 0 aliphatic carbocycles. The number of halogens is 1. The van der Waals surface area contributed by atoms with Gasteiger partial charge in [0.2, 0.25) is 0 Å². The zero-order valence-corrected chi connectivity index (χ0v) is 9.94. The molecule has 0 aliphatic rings. The van der Waals surface area contributed by atoms with Gasteiger partial charge in [0, 0.05) is 19.9 Å². The molecule has 0 aliphatic heterocycles. The van der Waals surface area contributed by atoms with E-state index >= 15 is 0 Å². The van der Waals surface area contributed by atoms with Crippen molar-refractivity contribution in [2.75, 3.05) is 25.6 Å². The van der Waals surface area contributed by atoms with Crippen LogP contribution in [0, 0.1) is 0 Å². The van der Waals surface area contributed by atoms with Crippen LogP contribution in [-0.4, -0.2) is 47.5 Å². The highest BCUT2D eigenvalue weighted by molar-refractivity contribution is 6.30. The van der Waals surface area contributed by atoms with Gasteiger partial charge < -0.3 is 20.3 Å². The standard InChI is InChI=1S/C10H13ClN2O4/c1-17-7(5-14)4-13-9-8(10(15)16)2-6(11)3-12-9/h2-3,7,14H,4-5H2,1H3,(H,12,13)(H,15,16)/t7-/m0/s1. The van der Waals surface area contributed by atoms with Crippen molar-refractivity contribution in [3.63, 3.8) is 0 Å². The number of carbonyl (C=O) groups is 1. The Morgan fingerprint density at radius 2 is 2.41 bits per heavy atom. The summed E-state index contributed by atoms with van der Waals surface area (Å²) < 4.78 is 4.93. The molecule has 1 aromatic heterocycles. The first kappa shape index (κ1) is 13.7.